The zero-order chi connectivity index (χ0) is 9.68. The molecule has 0 amide bonds. The minimum Gasteiger partial charge on any atom is -0.465 e. The van der Waals surface area contributed by atoms with Crippen molar-refractivity contribution in [3.05, 3.63) is 0 Å². The molecule has 1 rings (SSSR count). The van der Waals surface area contributed by atoms with Crippen LogP contribution < -0.4 is 0 Å². The molecule has 0 N–H and O–H groups in total. The average Bonchev–Trinajstić information content (AvgIpc) is 2.15. The molecule has 13 heavy (non-hydrogen) atoms. The molecule has 0 aromatic carbocycles. The Morgan fingerprint density at radius 2 is 2.08 bits per heavy atom. The molecule has 2 nitrogen and oxygen atoms in total. The first-order valence-corrected chi connectivity index (χ1v) is 5.92. The van der Waals surface area contributed by atoms with Crippen molar-refractivity contribution in [1.82, 2.24) is 0 Å². The minimum atomic E-state index is -0.170. The van der Waals surface area contributed by atoms with E-state index in [2.05, 4.69) is 15.9 Å². The third kappa shape index (κ3) is 4.12. The molecule has 76 valence electrons. The normalized spacial score (nSPS) is 21.1. The van der Waals surface area contributed by atoms with Crippen molar-refractivity contribution >= 4 is 21.9 Å². The Morgan fingerprint density at radius 1 is 1.46 bits per heavy atom. The number of esters is 1. The third-order valence-electron chi connectivity index (χ3n) is 2.51. The van der Waals surface area contributed by atoms with Gasteiger partial charge in [0.2, 0.25) is 0 Å². The van der Waals surface area contributed by atoms with E-state index in [4.69, 9.17) is 4.74 Å². The third-order valence-corrected chi connectivity index (χ3v) is 2.88. The maximum absolute atomic E-state index is 11.1. The van der Waals surface area contributed by atoms with Crippen molar-refractivity contribution in [3.63, 3.8) is 0 Å². The largest absolute Gasteiger partial charge is 0.465 e. The Labute approximate surface area is 88.2 Å². The molecular weight excluding hydrogens is 232 g/mol. The van der Waals surface area contributed by atoms with Crippen LogP contribution in [0.15, 0.2) is 0 Å². The molecule has 0 aromatic heterocycles. The van der Waals surface area contributed by atoms with Crippen LogP contribution in [0.25, 0.3) is 0 Å². The van der Waals surface area contributed by atoms with Crippen LogP contribution in [-0.2, 0) is 9.53 Å². The van der Waals surface area contributed by atoms with Crippen LogP contribution in [0.1, 0.15) is 39.0 Å². The standard InChI is InChI=1S/C10H17BrO2/c1-8(11)10(12)13-7-9-5-3-2-4-6-9/h8-9H,2-7H2,1H3. The second-order valence-corrected chi connectivity index (χ2v) is 5.12. The lowest BCUT2D eigenvalue weighted by Crippen LogP contribution is -2.20. The van der Waals surface area contributed by atoms with Gasteiger partial charge < -0.3 is 4.74 Å². The van der Waals surface area contributed by atoms with Gasteiger partial charge in [-0.15, -0.1) is 0 Å². The lowest BCUT2D eigenvalue weighted by molar-refractivity contribution is -0.144. The first-order chi connectivity index (χ1) is 6.20. The number of carbonyl (C=O) groups is 1. The smallest absolute Gasteiger partial charge is 0.319 e. The predicted octanol–water partition coefficient (Wildman–Crippen LogP) is 2.89. The van der Waals surface area contributed by atoms with E-state index in [9.17, 15) is 4.79 Å². The van der Waals surface area contributed by atoms with Crippen LogP contribution in [0.5, 0.6) is 0 Å². The SMILES string of the molecule is CC(Br)C(=O)OCC1CCCCC1. The molecule has 1 saturated carbocycles. The number of carbonyl (C=O) groups excluding carboxylic acids is 1. The van der Waals surface area contributed by atoms with Crippen molar-refractivity contribution in [2.75, 3.05) is 6.61 Å². The Kier molecular flexibility index (Phi) is 4.78. The second kappa shape index (κ2) is 5.63. The minimum absolute atomic E-state index is 0.134. The fourth-order valence-corrected chi connectivity index (χ4v) is 1.80. The lowest BCUT2D eigenvalue weighted by Gasteiger charge is -2.21. The monoisotopic (exact) mass is 248 g/mol. The molecule has 0 spiro atoms. The summed E-state index contributed by atoms with van der Waals surface area (Å²) in [6.45, 7) is 2.41. The van der Waals surface area contributed by atoms with Crippen LogP contribution in [-0.4, -0.2) is 17.4 Å². The van der Waals surface area contributed by atoms with Gasteiger partial charge >= 0.3 is 5.97 Å². The second-order valence-electron chi connectivity index (χ2n) is 3.75. The molecule has 3 heteroatoms. The number of alkyl halides is 1. The Balaban J connectivity index is 2.13. The fraction of sp³-hybridized carbons (Fsp3) is 0.900. The van der Waals surface area contributed by atoms with Crippen LogP contribution in [0.3, 0.4) is 0 Å². The maximum atomic E-state index is 11.1. The quantitative estimate of drug-likeness (QED) is 0.567. The predicted molar refractivity (Wildman–Crippen MR) is 55.9 cm³/mol. The highest BCUT2D eigenvalue weighted by Gasteiger charge is 2.17. The van der Waals surface area contributed by atoms with E-state index >= 15 is 0 Å². The molecule has 1 unspecified atom stereocenters. The molecule has 1 fully saturated rings. The maximum Gasteiger partial charge on any atom is 0.319 e. The number of hydrogen-bond acceptors (Lipinski definition) is 2. The number of ether oxygens (including phenoxy) is 1. The first kappa shape index (κ1) is 11.0. The summed E-state index contributed by atoms with van der Waals surface area (Å²) in [7, 11) is 0. The molecule has 0 bridgehead atoms. The molecule has 0 heterocycles. The van der Waals surface area contributed by atoms with E-state index in [1.807, 2.05) is 0 Å². The number of rotatable bonds is 3. The molecule has 1 atom stereocenters. The lowest BCUT2D eigenvalue weighted by atomic mass is 9.90. The summed E-state index contributed by atoms with van der Waals surface area (Å²) in [5, 5.41) is 0. The van der Waals surface area contributed by atoms with E-state index in [0.29, 0.717) is 12.5 Å². The molecule has 0 radical (unpaired) electrons. The highest BCUT2D eigenvalue weighted by Crippen LogP contribution is 2.23. The van der Waals surface area contributed by atoms with Crippen molar-refractivity contribution in [2.45, 2.75) is 43.9 Å². The number of halogens is 1. The van der Waals surface area contributed by atoms with Gasteiger partial charge in [0.25, 0.3) is 0 Å². The summed E-state index contributed by atoms with van der Waals surface area (Å²) in [6, 6.07) is 0. The van der Waals surface area contributed by atoms with Gasteiger partial charge in [-0.25, -0.2) is 0 Å². The summed E-state index contributed by atoms with van der Waals surface area (Å²) in [5.41, 5.74) is 0. The average molecular weight is 249 g/mol. The topological polar surface area (TPSA) is 26.3 Å². The molecule has 0 aromatic rings. The van der Waals surface area contributed by atoms with Gasteiger partial charge in [-0.1, -0.05) is 35.2 Å². The Hall–Kier alpha value is -0.0500. The van der Waals surface area contributed by atoms with E-state index in [1.54, 1.807) is 6.92 Å². The summed E-state index contributed by atoms with van der Waals surface area (Å²) >= 11 is 3.19. The summed E-state index contributed by atoms with van der Waals surface area (Å²) in [5.74, 6) is 0.481. The van der Waals surface area contributed by atoms with Crippen molar-refractivity contribution in [2.24, 2.45) is 5.92 Å². The molecule has 0 aliphatic heterocycles. The Bertz CT molecular complexity index is 162. The zero-order valence-electron chi connectivity index (χ0n) is 8.09. The Morgan fingerprint density at radius 3 is 2.62 bits per heavy atom. The molecule has 1 aliphatic rings. The first-order valence-electron chi connectivity index (χ1n) is 5.01. The van der Waals surface area contributed by atoms with Gasteiger partial charge in [0.05, 0.1) is 6.61 Å². The van der Waals surface area contributed by atoms with Gasteiger partial charge in [0, 0.05) is 0 Å². The highest BCUT2D eigenvalue weighted by atomic mass is 79.9. The fourth-order valence-electron chi connectivity index (χ4n) is 1.67. The molecular formula is C10H17BrO2. The summed E-state index contributed by atoms with van der Waals surface area (Å²) in [4.78, 5) is 10.9. The van der Waals surface area contributed by atoms with Crippen molar-refractivity contribution in [3.8, 4) is 0 Å². The van der Waals surface area contributed by atoms with Crippen LogP contribution >= 0.6 is 15.9 Å². The van der Waals surface area contributed by atoms with Crippen LogP contribution in [0.4, 0.5) is 0 Å². The van der Waals surface area contributed by atoms with Gasteiger partial charge in [0.15, 0.2) is 0 Å². The van der Waals surface area contributed by atoms with E-state index in [1.165, 1.54) is 32.1 Å². The van der Waals surface area contributed by atoms with Gasteiger partial charge in [-0.2, -0.15) is 0 Å². The zero-order valence-corrected chi connectivity index (χ0v) is 9.68. The molecule has 1 aliphatic carbocycles. The van der Waals surface area contributed by atoms with Crippen LogP contribution in [0.2, 0.25) is 0 Å². The summed E-state index contributed by atoms with van der Waals surface area (Å²) < 4.78 is 5.16. The van der Waals surface area contributed by atoms with Gasteiger partial charge in [0.1, 0.15) is 4.83 Å². The van der Waals surface area contributed by atoms with Gasteiger partial charge in [-0.3, -0.25) is 4.79 Å². The van der Waals surface area contributed by atoms with Crippen molar-refractivity contribution in [1.29, 1.82) is 0 Å². The highest BCUT2D eigenvalue weighted by molar-refractivity contribution is 9.10. The van der Waals surface area contributed by atoms with Gasteiger partial charge in [-0.05, 0) is 25.7 Å². The number of hydrogen-bond donors (Lipinski definition) is 0. The summed E-state index contributed by atoms with van der Waals surface area (Å²) in [6.07, 6.45) is 6.39. The van der Waals surface area contributed by atoms with E-state index in [0.717, 1.165) is 0 Å². The molecule has 0 saturated heterocycles. The van der Waals surface area contributed by atoms with Crippen LogP contribution in [0, 0.1) is 5.92 Å². The van der Waals surface area contributed by atoms with E-state index < -0.39 is 0 Å². The van der Waals surface area contributed by atoms with Crippen molar-refractivity contribution < 1.29 is 9.53 Å². The van der Waals surface area contributed by atoms with E-state index in [-0.39, 0.29) is 10.8 Å².